The lowest BCUT2D eigenvalue weighted by atomic mass is 9.84. The topological polar surface area (TPSA) is 26.0 Å². The summed E-state index contributed by atoms with van der Waals surface area (Å²) in [6.45, 7) is 11.3. The molecule has 0 saturated carbocycles. The second-order valence-electron chi connectivity index (χ2n) is 3.97. The van der Waals surface area contributed by atoms with E-state index in [4.69, 9.17) is 5.73 Å². The van der Waals surface area contributed by atoms with Gasteiger partial charge in [-0.1, -0.05) is 43.0 Å². The van der Waals surface area contributed by atoms with E-state index < -0.39 is 5.54 Å². The van der Waals surface area contributed by atoms with E-state index >= 15 is 0 Å². The second-order valence-corrected chi connectivity index (χ2v) is 3.97. The molecule has 1 heteroatoms. The van der Waals surface area contributed by atoms with Crippen molar-refractivity contribution >= 4 is 6.08 Å². The Morgan fingerprint density at radius 3 is 2.25 bits per heavy atom. The van der Waals surface area contributed by atoms with Crippen molar-refractivity contribution in [3.63, 3.8) is 0 Å². The van der Waals surface area contributed by atoms with Crippen molar-refractivity contribution in [1.29, 1.82) is 0 Å². The fourth-order valence-corrected chi connectivity index (χ4v) is 1.81. The third kappa shape index (κ3) is 2.71. The van der Waals surface area contributed by atoms with Crippen molar-refractivity contribution in [2.45, 2.75) is 18.4 Å². The number of hydrogen-bond donors (Lipinski definition) is 1. The molecule has 0 heterocycles. The summed E-state index contributed by atoms with van der Waals surface area (Å²) in [5.41, 5.74) is 8.17. The number of hydrogen-bond acceptors (Lipinski definition) is 1. The highest BCUT2D eigenvalue weighted by molar-refractivity contribution is 5.49. The molecule has 2 N–H and O–H groups in total. The molecule has 0 radical (unpaired) electrons. The minimum atomic E-state index is -0.400. The van der Waals surface area contributed by atoms with Crippen LogP contribution in [0.3, 0.4) is 0 Å². The maximum atomic E-state index is 6.39. The predicted molar refractivity (Wildman–Crippen MR) is 72.0 cm³/mol. The smallest absolute Gasteiger partial charge is 0.0479 e. The standard InChI is InChI=1S/C15H19N/c1-4-10-15(16,11-5-2)14-9-7-8-13(6-3)12-14/h4-9,12H,1-3,10-11,16H2. The first-order valence-electron chi connectivity index (χ1n) is 5.40. The molecule has 0 aliphatic heterocycles. The van der Waals surface area contributed by atoms with Gasteiger partial charge in [0.25, 0.3) is 0 Å². The maximum absolute atomic E-state index is 6.39. The second kappa shape index (κ2) is 5.47. The van der Waals surface area contributed by atoms with E-state index in [2.05, 4.69) is 25.8 Å². The van der Waals surface area contributed by atoms with Crippen LogP contribution in [0.25, 0.3) is 6.08 Å². The zero-order valence-corrected chi connectivity index (χ0v) is 9.65. The molecule has 16 heavy (non-hydrogen) atoms. The van der Waals surface area contributed by atoms with Crippen molar-refractivity contribution in [2.24, 2.45) is 5.73 Å². The molecule has 0 aliphatic rings. The van der Waals surface area contributed by atoms with E-state index in [9.17, 15) is 0 Å². The SMILES string of the molecule is C=CCC(N)(CC=C)c1cccc(C=C)c1. The molecular formula is C15H19N. The molecule has 0 saturated heterocycles. The van der Waals surface area contributed by atoms with Crippen LogP contribution in [0.15, 0.2) is 56.2 Å². The molecular weight excluding hydrogens is 194 g/mol. The molecule has 1 nitrogen and oxygen atoms in total. The van der Waals surface area contributed by atoms with Crippen LogP contribution in [-0.2, 0) is 5.54 Å². The van der Waals surface area contributed by atoms with Crippen LogP contribution in [0.1, 0.15) is 24.0 Å². The number of nitrogens with two attached hydrogens (primary N) is 1. The molecule has 1 rings (SSSR count). The van der Waals surface area contributed by atoms with Crippen molar-refractivity contribution in [1.82, 2.24) is 0 Å². The molecule has 0 atom stereocenters. The molecule has 0 fully saturated rings. The lowest BCUT2D eigenvalue weighted by Gasteiger charge is -2.28. The number of rotatable bonds is 6. The average Bonchev–Trinajstić information content (AvgIpc) is 2.30. The van der Waals surface area contributed by atoms with E-state index in [0.717, 1.165) is 24.0 Å². The number of benzene rings is 1. The van der Waals surface area contributed by atoms with Crippen molar-refractivity contribution in [3.05, 3.63) is 67.3 Å². The summed E-state index contributed by atoms with van der Waals surface area (Å²) >= 11 is 0. The zero-order valence-electron chi connectivity index (χ0n) is 9.65. The summed E-state index contributed by atoms with van der Waals surface area (Å²) in [7, 11) is 0. The maximum Gasteiger partial charge on any atom is 0.0479 e. The van der Waals surface area contributed by atoms with Crippen LogP contribution in [-0.4, -0.2) is 0 Å². The monoisotopic (exact) mass is 213 g/mol. The normalized spacial score (nSPS) is 10.8. The van der Waals surface area contributed by atoms with Crippen LogP contribution in [0.5, 0.6) is 0 Å². The fraction of sp³-hybridized carbons (Fsp3) is 0.200. The van der Waals surface area contributed by atoms with Gasteiger partial charge in [-0.15, -0.1) is 13.2 Å². The summed E-state index contributed by atoms with van der Waals surface area (Å²) in [4.78, 5) is 0. The van der Waals surface area contributed by atoms with Crippen LogP contribution in [0.4, 0.5) is 0 Å². The van der Waals surface area contributed by atoms with Crippen molar-refractivity contribution in [3.8, 4) is 0 Å². The summed E-state index contributed by atoms with van der Waals surface area (Å²) in [5, 5.41) is 0. The van der Waals surface area contributed by atoms with E-state index in [1.165, 1.54) is 0 Å². The third-order valence-corrected chi connectivity index (χ3v) is 2.71. The average molecular weight is 213 g/mol. The Labute approximate surface area is 98.0 Å². The first-order valence-corrected chi connectivity index (χ1v) is 5.40. The molecule has 1 aromatic rings. The van der Waals surface area contributed by atoms with Crippen LogP contribution < -0.4 is 5.73 Å². The summed E-state index contributed by atoms with van der Waals surface area (Å²) < 4.78 is 0. The Balaban J connectivity index is 3.13. The van der Waals surface area contributed by atoms with Gasteiger partial charge in [0.1, 0.15) is 0 Å². The van der Waals surface area contributed by atoms with Crippen molar-refractivity contribution < 1.29 is 0 Å². The van der Waals surface area contributed by atoms with Gasteiger partial charge in [-0.25, -0.2) is 0 Å². The minimum absolute atomic E-state index is 0.400. The van der Waals surface area contributed by atoms with Gasteiger partial charge in [0.2, 0.25) is 0 Å². The van der Waals surface area contributed by atoms with Gasteiger partial charge in [-0.2, -0.15) is 0 Å². The minimum Gasteiger partial charge on any atom is -0.321 e. The highest BCUT2D eigenvalue weighted by Gasteiger charge is 2.24. The van der Waals surface area contributed by atoms with E-state index in [-0.39, 0.29) is 0 Å². The summed E-state index contributed by atoms with van der Waals surface area (Å²) in [5.74, 6) is 0. The predicted octanol–water partition coefficient (Wildman–Crippen LogP) is 3.64. The Morgan fingerprint density at radius 1 is 1.12 bits per heavy atom. The largest absolute Gasteiger partial charge is 0.321 e. The Bertz CT molecular complexity index is 380. The summed E-state index contributed by atoms with van der Waals surface area (Å²) in [6, 6.07) is 8.12. The van der Waals surface area contributed by atoms with Gasteiger partial charge in [0, 0.05) is 5.54 Å². The molecule has 0 aromatic heterocycles. The molecule has 1 aromatic carbocycles. The van der Waals surface area contributed by atoms with Gasteiger partial charge in [-0.05, 0) is 30.0 Å². The van der Waals surface area contributed by atoms with Crippen molar-refractivity contribution in [2.75, 3.05) is 0 Å². The third-order valence-electron chi connectivity index (χ3n) is 2.71. The van der Waals surface area contributed by atoms with Gasteiger partial charge in [0.15, 0.2) is 0 Å². The fourth-order valence-electron chi connectivity index (χ4n) is 1.81. The highest BCUT2D eigenvalue weighted by atomic mass is 14.7. The highest BCUT2D eigenvalue weighted by Crippen LogP contribution is 2.27. The molecule has 0 bridgehead atoms. The zero-order chi connectivity index (χ0) is 12.0. The molecule has 0 unspecified atom stereocenters. The molecule has 84 valence electrons. The van der Waals surface area contributed by atoms with Gasteiger partial charge in [-0.3, -0.25) is 0 Å². The van der Waals surface area contributed by atoms with Crippen LogP contribution in [0.2, 0.25) is 0 Å². The first kappa shape index (κ1) is 12.5. The van der Waals surface area contributed by atoms with Gasteiger partial charge < -0.3 is 5.73 Å². The molecule has 0 aliphatic carbocycles. The van der Waals surface area contributed by atoms with E-state index in [0.29, 0.717) is 0 Å². The Hall–Kier alpha value is -1.60. The molecule has 0 spiro atoms. The van der Waals surface area contributed by atoms with Crippen LogP contribution >= 0.6 is 0 Å². The Kier molecular flexibility index (Phi) is 4.27. The van der Waals surface area contributed by atoms with E-state index in [1.807, 2.05) is 36.4 Å². The Morgan fingerprint density at radius 2 is 1.75 bits per heavy atom. The lowest BCUT2D eigenvalue weighted by molar-refractivity contribution is 0.456. The van der Waals surface area contributed by atoms with E-state index in [1.54, 1.807) is 0 Å². The van der Waals surface area contributed by atoms with Crippen LogP contribution in [0, 0.1) is 0 Å². The van der Waals surface area contributed by atoms with Gasteiger partial charge in [0.05, 0.1) is 0 Å². The quantitative estimate of drug-likeness (QED) is 0.717. The van der Waals surface area contributed by atoms with Gasteiger partial charge >= 0.3 is 0 Å². The summed E-state index contributed by atoms with van der Waals surface area (Å²) in [6.07, 6.45) is 7.00. The first-order chi connectivity index (χ1) is 7.66. The molecule has 0 amide bonds. The lowest BCUT2D eigenvalue weighted by Crippen LogP contribution is -2.35.